The highest BCUT2D eigenvalue weighted by atomic mass is 16.3. The SMILES string of the molecule is c1ccc(-c2nc(-c3ccccc3)nc(-c3cccc(-c4ccnc5c(-c6nccc7oc8ccccc8c67)cccc45)c3)n2)cc1. The highest BCUT2D eigenvalue weighted by molar-refractivity contribution is 6.14. The number of benzene rings is 5. The van der Waals surface area contributed by atoms with Gasteiger partial charge in [0, 0.05) is 45.4 Å². The van der Waals surface area contributed by atoms with Crippen molar-refractivity contribution in [3.05, 3.63) is 152 Å². The van der Waals surface area contributed by atoms with Crippen molar-refractivity contribution in [2.75, 3.05) is 0 Å². The van der Waals surface area contributed by atoms with E-state index >= 15 is 0 Å². The molecule has 6 nitrogen and oxygen atoms in total. The zero-order valence-corrected chi connectivity index (χ0v) is 25.1. The van der Waals surface area contributed by atoms with E-state index in [4.69, 9.17) is 29.3 Å². The number of pyridine rings is 2. The average molecular weight is 604 g/mol. The molecule has 4 aromatic heterocycles. The normalized spacial score (nSPS) is 11.4. The lowest BCUT2D eigenvalue weighted by Gasteiger charge is -2.12. The number of aromatic nitrogens is 5. The van der Waals surface area contributed by atoms with Gasteiger partial charge in [-0.1, -0.05) is 115 Å². The third-order valence-corrected chi connectivity index (χ3v) is 8.45. The van der Waals surface area contributed by atoms with Gasteiger partial charge in [0.2, 0.25) is 0 Å². The molecule has 0 saturated carbocycles. The molecule has 0 bridgehead atoms. The molecule has 220 valence electrons. The maximum absolute atomic E-state index is 6.17. The third-order valence-electron chi connectivity index (χ3n) is 8.45. The third kappa shape index (κ3) is 4.71. The molecule has 0 spiro atoms. The van der Waals surface area contributed by atoms with Crippen molar-refractivity contribution in [1.82, 2.24) is 24.9 Å². The number of furan rings is 1. The molecule has 0 aliphatic carbocycles. The van der Waals surface area contributed by atoms with Crippen molar-refractivity contribution in [1.29, 1.82) is 0 Å². The number of nitrogens with zero attached hydrogens (tertiary/aromatic N) is 5. The molecule has 6 heteroatoms. The second kappa shape index (κ2) is 11.1. The van der Waals surface area contributed by atoms with Gasteiger partial charge in [-0.25, -0.2) is 15.0 Å². The Morgan fingerprint density at radius 2 is 1.00 bits per heavy atom. The summed E-state index contributed by atoms with van der Waals surface area (Å²) in [4.78, 5) is 24.5. The Kier molecular flexibility index (Phi) is 6.35. The van der Waals surface area contributed by atoms with Gasteiger partial charge in [0.15, 0.2) is 17.5 Å². The molecule has 9 aromatic rings. The van der Waals surface area contributed by atoms with Crippen LogP contribution in [0.3, 0.4) is 0 Å². The molecule has 0 aliphatic rings. The van der Waals surface area contributed by atoms with Gasteiger partial charge in [0.25, 0.3) is 0 Å². The number of hydrogen-bond acceptors (Lipinski definition) is 6. The van der Waals surface area contributed by atoms with Gasteiger partial charge in [-0.15, -0.1) is 0 Å². The predicted octanol–water partition coefficient (Wildman–Crippen LogP) is 10.0. The van der Waals surface area contributed by atoms with Crippen LogP contribution in [0.5, 0.6) is 0 Å². The molecular weight excluding hydrogens is 578 g/mol. The lowest BCUT2D eigenvalue weighted by atomic mass is 9.96. The standard InChI is InChI=1S/C41H25N5O/c1-3-11-26(12-4-1)39-44-40(27-13-5-2-6-14-27)46-41(45-39)29-16-9-15-28(25-29)30-21-23-42-37-31(30)18-10-19-33(37)38-36-32-17-7-8-20-34(32)47-35(36)22-24-43-38/h1-25H. The summed E-state index contributed by atoms with van der Waals surface area (Å²) in [6.45, 7) is 0. The van der Waals surface area contributed by atoms with E-state index in [2.05, 4.69) is 48.5 Å². The molecule has 0 aliphatic heterocycles. The Balaban J connectivity index is 1.20. The van der Waals surface area contributed by atoms with E-state index in [9.17, 15) is 0 Å². The van der Waals surface area contributed by atoms with Crippen LogP contribution in [0.15, 0.2) is 156 Å². The van der Waals surface area contributed by atoms with E-state index in [-0.39, 0.29) is 0 Å². The Morgan fingerprint density at radius 3 is 1.77 bits per heavy atom. The summed E-state index contributed by atoms with van der Waals surface area (Å²) < 4.78 is 6.17. The van der Waals surface area contributed by atoms with Crippen molar-refractivity contribution in [2.24, 2.45) is 0 Å². The maximum atomic E-state index is 6.17. The summed E-state index contributed by atoms with van der Waals surface area (Å²) in [5.74, 6) is 1.88. The molecule has 0 atom stereocenters. The highest BCUT2D eigenvalue weighted by Crippen LogP contribution is 2.39. The second-order valence-electron chi connectivity index (χ2n) is 11.3. The van der Waals surface area contributed by atoms with Crippen LogP contribution >= 0.6 is 0 Å². The molecule has 0 fully saturated rings. The van der Waals surface area contributed by atoms with Gasteiger partial charge in [-0.05, 0) is 35.4 Å². The van der Waals surface area contributed by atoms with Crippen LogP contribution in [0.4, 0.5) is 0 Å². The monoisotopic (exact) mass is 603 g/mol. The first-order valence-corrected chi connectivity index (χ1v) is 15.4. The van der Waals surface area contributed by atoms with Crippen LogP contribution in [0.2, 0.25) is 0 Å². The van der Waals surface area contributed by atoms with Gasteiger partial charge in [-0.3, -0.25) is 9.97 Å². The molecular formula is C41H25N5O. The van der Waals surface area contributed by atoms with Gasteiger partial charge in [-0.2, -0.15) is 0 Å². The van der Waals surface area contributed by atoms with Gasteiger partial charge < -0.3 is 4.42 Å². The predicted molar refractivity (Wildman–Crippen MR) is 187 cm³/mol. The van der Waals surface area contributed by atoms with Crippen molar-refractivity contribution < 1.29 is 4.42 Å². The van der Waals surface area contributed by atoms with Crippen molar-refractivity contribution in [2.45, 2.75) is 0 Å². The van der Waals surface area contributed by atoms with E-state index in [0.717, 1.165) is 71.9 Å². The Labute approximate surface area is 270 Å². The topological polar surface area (TPSA) is 77.6 Å². The Morgan fingerprint density at radius 1 is 0.404 bits per heavy atom. The lowest BCUT2D eigenvalue weighted by Crippen LogP contribution is -2.00. The Hall–Kier alpha value is -6.53. The summed E-state index contributed by atoms with van der Waals surface area (Å²) in [5.41, 5.74) is 9.19. The van der Waals surface area contributed by atoms with Crippen LogP contribution in [-0.2, 0) is 0 Å². The molecule has 5 aromatic carbocycles. The van der Waals surface area contributed by atoms with E-state index < -0.39 is 0 Å². The lowest BCUT2D eigenvalue weighted by molar-refractivity contribution is 0.668. The highest BCUT2D eigenvalue weighted by Gasteiger charge is 2.18. The van der Waals surface area contributed by atoms with E-state index in [1.54, 1.807) is 6.20 Å². The first kappa shape index (κ1) is 26.8. The molecule has 47 heavy (non-hydrogen) atoms. The summed E-state index contributed by atoms with van der Waals surface area (Å²) >= 11 is 0. The molecule has 0 unspecified atom stereocenters. The zero-order valence-electron chi connectivity index (χ0n) is 25.1. The summed E-state index contributed by atoms with van der Waals surface area (Å²) in [6.07, 6.45) is 3.67. The van der Waals surface area contributed by atoms with E-state index in [1.807, 2.05) is 97.2 Å². The fourth-order valence-electron chi connectivity index (χ4n) is 6.26. The van der Waals surface area contributed by atoms with Gasteiger partial charge in [0.1, 0.15) is 11.2 Å². The van der Waals surface area contributed by atoms with Crippen molar-refractivity contribution in [3.63, 3.8) is 0 Å². The van der Waals surface area contributed by atoms with Crippen LogP contribution in [-0.4, -0.2) is 24.9 Å². The fourth-order valence-corrected chi connectivity index (χ4v) is 6.26. The molecule has 4 heterocycles. The largest absolute Gasteiger partial charge is 0.456 e. The van der Waals surface area contributed by atoms with E-state index in [1.165, 1.54) is 0 Å². The summed E-state index contributed by atoms with van der Waals surface area (Å²) in [6, 6.07) is 46.7. The Bertz CT molecular complexity index is 2520. The number of fused-ring (bicyclic) bond motifs is 4. The molecule has 0 amide bonds. The van der Waals surface area contributed by atoms with Crippen molar-refractivity contribution >= 4 is 32.8 Å². The van der Waals surface area contributed by atoms with Crippen LogP contribution < -0.4 is 0 Å². The minimum Gasteiger partial charge on any atom is -0.456 e. The van der Waals surface area contributed by atoms with Gasteiger partial charge in [0.05, 0.1) is 16.6 Å². The first-order valence-electron chi connectivity index (χ1n) is 15.4. The van der Waals surface area contributed by atoms with Gasteiger partial charge >= 0.3 is 0 Å². The smallest absolute Gasteiger partial charge is 0.164 e. The number of rotatable bonds is 5. The van der Waals surface area contributed by atoms with Crippen LogP contribution in [0.1, 0.15) is 0 Å². The maximum Gasteiger partial charge on any atom is 0.164 e. The average Bonchev–Trinajstić information content (AvgIpc) is 3.54. The van der Waals surface area contributed by atoms with E-state index in [0.29, 0.717) is 17.5 Å². The zero-order chi connectivity index (χ0) is 31.2. The molecule has 0 radical (unpaired) electrons. The quantitative estimate of drug-likeness (QED) is 0.195. The van der Waals surface area contributed by atoms with Crippen LogP contribution in [0.25, 0.3) is 89.4 Å². The molecule has 0 saturated heterocycles. The second-order valence-corrected chi connectivity index (χ2v) is 11.3. The van der Waals surface area contributed by atoms with Crippen LogP contribution in [0, 0.1) is 0 Å². The summed E-state index contributed by atoms with van der Waals surface area (Å²) in [7, 11) is 0. The first-order chi connectivity index (χ1) is 23.3. The minimum atomic E-state index is 0.612. The molecule has 9 rings (SSSR count). The number of para-hydroxylation sites is 2. The minimum absolute atomic E-state index is 0.612. The number of hydrogen-bond donors (Lipinski definition) is 0. The summed E-state index contributed by atoms with van der Waals surface area (Å²) in [5, 5.41) is 3.05. The fraction of sp³-hybridized carbons (Fsp3) is 0. The molecule has 0 N–H and O–H groups in total. The van der Waals surface area contributed by atoms with Crippen molar-refractivity contribution in [3.8, 4) is 56.5 Å².